The number of hydrogen-bond donors (Lipinski definition) is 1. The smallest absolute Gasteiger partial charge is 0.414 e. The van der Waals surface area contributed by atoms with Gasteiger partial charge in [0.15, 0.2) is 0 Å². The first-order chi connectivity index (χ1) is 9.72. The summed E-state index contributed by atoms with van der Waals surface area (Å²) in [5.74, 6) is 0.391. The van der Waals surface area contributed by atoms with Crippen molar-refractivity contribution in [3.63, 3.8) is 0 Å². The maximum Gasteiger partial charge on any atom is 0.414 e. The van der Waals surface area contributed by atoms with Crippen LogP contribution in [0, 0.1) is 0 Å². The van der Waals surface area contributed by atoms with Gasteiger partial charge in [0.25, 0.3) is 0 Å². The van der Waals surface area contributed by atoms with E-state index in [9.17, 15) is 4.79 Å². The van der Waals surface area contributed by atoms with Crippen molar-refractivity contribution in [2.24, 2.45) is 0 Å². The number of hydrogen-bond acceptors (Lipinski definition) is 4. The molecule has 0 radical (unpaired) electrons. The summed E-state index contributed by atoms with van der Waals surface area (Å²) in [6, 6.07) is 13.4. The lowest BCUT2D eigenvalue weighted by molar-refractivity contribution is 0.141. The standard InChI is InChI=1S/C15H15N3O2/c16-14-9-12(6-7-17-14)18-10-13(20-15(18)19)8-11-4-2-1-3-5-11/h1-7,9,13H,8,10H2,(H2,16,17). The number of cyclic esters (lactones) is 1. The third-order valence-electron chi connectivity index (χ3n) is 3.26. The molecule has 1 aromatic carbocycles. The number of pyridine rings is 1. The normalized spacial score (nSPS) is 18.1. The van der Waals surface area contributed by atoms with Crippen LogP contribution >= 0.6 is 0 Å². The summed E-state index contributed by atoms with van der Waals surface area (Å²) in [5.41, 5.74) is 7.51. The van der Waals surface area contributed by atoms with Crippen molar-refractivity contribution in [3.05, 3.63) is 54.2 Å². The van der Waals surface area contributed by atoms with E-state index in [-0.39, 0.29) is 12.2 Å². The number of ether oxygens (including phenoxy) is 1. The van der Waals surface area contributed by atoms with Gasteiger partial charge >= 0.3 is 6.09 Å². The molecule has 2 N–H and O–H groups in total. The second kappa shape index (κ2) is 5.21. The second-order valence-electron chi connectivity index (χ2n) is 4.75. The fourth-order valence-electron chi connectivity index (χ4n) is 2.32. The third kappa shape index (κ3) is 2.56. The summed E-state index contributed by atoms with van der Waals surface area (Å²) in [7, 11) is 0. The van der Waals surface area contributed by atoms with Crippen LogP contribution in [0.4, 0.5) is 16.3 Å². The Hall–Kier alpha value is -2.56. The minimum absolute atomic E-state index is 0.140. The molecule has 1 atom stereocenters. The molecule has 5 nitrogen and oxygen atoms in total. The number of amides is 1. The summed E-state index contributed by atoms with van der Waals surface area (Å²) in [5, 5.41) is 0. The van der Waals surface area contributed by atoms with Gasteiger partial charge in [-0.05, 0) is 11.6 Å². The SMILES string of the molecule is Nc1cc(N2CC(Cc3ccccc3)OC2=O)ccn1. The number of nitrogens with two attached hydrogens (primary N) is 1. The van der Waals surface area contributed by atoms with E-state index in [1.165, 1.54) is 0 Å². The maximum atomic E-state index is 11.9. The van der Waals surface area contributed by atoms with E-state index in [0.29, 0.717) is 18.8 Å². The Kier molecular flexibility index (Phi) is 3.25. The average Bonchev–Trinajstić information content (AvgIpc) is 2.81. The molecule has 0 bridgehead atoms. The molecule has 102 valence electrons. The Morgan fingerprint density at radius 1 is 1.30 bits per heavy atom. The lowest BCUT2D eigenvalue weighted by Gasteiger charge is -2.12. The Morgan fingerprint density at radius 3 is 2.85 bits per heavy atom. The van der Waals surface area contributed by atoms with Crippen LogP contribution in [-0.2, 0) is 11.2 Å². The molecule has 0 spiro atoms. The molecule has 1 unspecified atom stereocenters. The lowest BCUT2D eigenvalue weighted by atomic mass is 10.1. The number of nitrogens with zero attached hydrogens (tertiary/aromatic N) is 2. The summed E-state index contributed by atoms with van der Waals surface area (Å²) in [4.78, 5) is 17.4. The Bertz CT molecular complexity index is 616. The van der Waals surface area contributed by atoms with Gasteiger partial charge in [0.05, 0.1) is 12.2 Å². The topological polar surface area (TPSA) is 68.4 Å². The number of aromatic nitrogens is 1. The number of rotatable bonds is 3. The number of benzene rings is 1. The van der Waals surface area contributed by atoms with Crippen molar-refractivity contribution in [3.8, 4) is 0 Å². The van der Waals surface area contributed by atoms with Crippen LogP contribution in [0.25, 0.3) is 0 Å². The molecule has 1 saturated heterocycles. The van der Waals surface area contributed by atoms with Crippen LogP contribution in [0.3, 0.4) is 0 Å². The molecule has 5 heteroatoms. The van der Waals surface area contributed by atoms with Crippen molar-refractivity contribution in [1.82, 2.24) is 4.98 Å². The van der Waals surface area contributed by atoms with Crippen LogP contribution in [0.2, 0.25) is 0 Å². The van der Waals surface area contributed by atoms with E-state index in [1.807, 2.05) is 30.3 Å². The number of carbonyl (C=O) groups excluding carboxylic acids is 1. The maximum absolute atomic E-state index is 11.9. The molecule has 20 heavy (non-hydrogen) atoms. The Labute approximate surface area is 117 Å². The monoisotopic (exact) mass is 269 g/mol. The largest absolute Gasteiger partial charge is 0.444 e. The highest BCUT2D eigenvalue weighted by molar-refractivity contribution is 5.90. The van der Waals surface area contributed by atoms with Gasteiger partial charge in [-0.2, -0.15) is 0 Å². The molecule has 3 rings (SSSR count). The van der Waals surface area contributed by atoms with E-state index in [1.54, 1.807) is 23.2 Å². The van der Waals surface area contributed by atoms with E-state index in [2.05, 4.69) is 4.98 Å². The summed E-state index contributed by atoms with van der Waals surface area (Å²) in [6.07, 6.45) is 1.82. The van der Waals surface area contributed by atoms with Crippen molar-refractivity contribution >= 4 is 17.6 Å². The summed E-state index contributed by atoms with van der Waals surface area (Å²) >= 11 is 0. The van der Waals surface area contributed by atoms with Gasteiger partial charge in [-0.3, -0.25) is 4.90 Å². The van der Waals surface area contributed by atoms with Crippen LogP contribution in [0.15, 0.2) is 48.7 Å². The van der Waals surface area contributed by atoms with Crippen LogP contribution < -0.4 is 10.6 Å². The fraction of sp³-hybridized carbons (Fsp3) is 0.200. The minimum atomic E-state index is -0.337. The lowest BCUT2D eigenvalue weighted by Crippen LogP contribution is -2.25. The highest BCUT2D eigenvalue weighted by atomic mass is 16.6. The first-order valence-electron chi connectivity index (χ1n) is 6.46. The van der Waals surface area contributed by atoms with Crippen molar-refractivity contribution < 1.29 is 9.53 Å². The second-order valence-corrected chi connectivity index (χ2v) is 4.75. The zero-order valence-electron chi connectivity index (χ0n) is 10.9. The molecule has 1 amide bonds. The molecule has 2 aromatic rings. The zero-order chi connectivity index (χ0) is 13.9. The Balaban J connectivity index is 1.72. The van der Waals surface area contributed by atoms with Crippen LogP contribution in [0.5, 0.6) is 0 Å². The highest BCUT2D eigenvalue weighted by Gasteiger charge is 2.32. The van der Waals surface area contributed by atoms with Crippen LogP contribution in [-0.4, -0.2) is 23.7 Å². The molecule has 1 aliphatic rings. The quantitative estimate of drug-likeness (QED) is 0.927. The van der Waals surface area contributed by atoms with Crippen molar-refractivity contribution in [2.75, 3.05) is 17.2 Å². The molecule has 2 heterocycles. The predicted octanol–water partition coefficient (Wildman–Crippen LogP) is 2.23. The highest BCUT2D eigenvalue weighted by Crippen LogP contribution is 2.23. The van der Waals surface area contributed by atoms with Gasteiger partial charge in [0.2, 0.25) is 0 Å². The van der Waals surface area contributed by atoms with Crippen molar-refractivity contribution in [1.29, 1.82) is 0 Å². The average molecular weight is 269 g/mol. The van der Waals surface area contributed by atoms with Gasteiger partial charge in [0.1, 0.15) is 11.9 Å². The number of nitrogen functional groups attached to an aromatic ring is 1. The molecule has 0 saturated carbocycles. The third-order valence-corrected chi connectivity index (χ3v) is 3.26. The van der Waals surface area contributed by atoms with Crippen molar-refractivity contribution in [2.45, 2.75) is 12.5 Å². The molecular formula is C15H15N3O2. The molecule has 1 aliphatic heterocycles. The van der Waals surface area contributed by atoms with Gasteiger partial charge in [-0.25, -0.2) is 9.78 Å². The molecule has 0 aliphatic carbocycles. The molecule has 1 aromatic heterocycles. The zero-order valence-corrected chi connectivity index (χ0v) is 10.9. The summed E-state index contributed by atoms with van der Waals surface area (Å²) in [6.45, 7) is 0.525. The molecule has 1 fully saturated rings. The molecular weight excluding hydrogens is 254 g/mol. The minimum Gasteiger partial charge on any atom is -0.444 e. The number of anilines is 2. The van der Waals surface area contributed by atoms with Gasteiger partial charge < -0.3 is 10.5 Å². The van der Waals surface area contributed by atoms with E-state index in [4.69, 9.17) is 10.5 Å². The predicted molar refractivity (Wildman–Crippen MR) is 76.4 cm³/mol. The van der Waals surface area contributed by atoms with E-state index < -0.39 is 0 Å². The van der Waals surface area contributed by atoms with Gasteiger partial charge in [0, 0.05) is 18.7 Å². The summed E-state index contributed by atoms with van der Waals surface area (Å²) < 4.78 is 5.40. The van der Waals surface area contributed by atoms with Gasteiger partial charge in [-0.15, -0.1) is 0 Å². The van der Waals surface area contributed by atoms with Crippen LogP contribution in [0.1, 0.15) is 5.56 Å². The van der Waals surface area contributed by atoms with E-state index in [0.717, 1.165) is 11.3 Å². The Morgan fingerprint density at radius 2 is 2.10 bits per heavy atom. The number of carbonyl (C=O) groups is 1. The van der Waals surface area contributed by atoms with E-state index >= 15 is 0 Å². The first kappa shape index (κ1) is 12.5. The fourth-order valence-corrected chi connectivity index (χ4v) is 2.32. The van der Waals surface area contributed by atoms with Gasteiger partial charge in [-0.1, -0.05) is 30.3 Å². The first-order valence-corrected chi connectivity index (χ1v) is 6.46.